The average Bonchev–Trinajstić information content (AvgIpc) is 3.00. The third-order valence-corrected chi connectivity index (χ3v) is 5.05. The molecule has 4 nitrogen and oxygen atoms in total. The Morgan fingerprint density at radius 3 is 2.23 bits per heavy atom. The van der Waals surface area contributed by atoms with E-state index in [2.05, 4.69) is 10.3 Å². The lowest BCUT2D eigenvalue weighted by Gasteiger charge is -2.20. The number of fused-ring (bicyclic) bond motifs is 3. The van der Waals surface area contributed by atoms with Crippen molar-refractivity contribution in [1.82, 2.24) is 5.32 Å². The third kappa shape index (κ3) is 3.73. The number of halogens is 6. The number of amides is 2. The summed E-state index contributed by atoms with van der Waals surface area (Å²) in [5.41, 5.74) is -0.552. The molecule has 0 radical (unpaired) electrons. The van der Waals surface area contributed by atoms with Crippen molar-refractivity contribution in [3.63, 3.8) is 0 Å². The summed E-state index contributed by atoms with van der Waals surface area (Å²) in [7, 11) is 0. The van der Waals surface area contributed by atoms with Crippen molar-refractivity contribution in [2.45, 2.75) is 18.4 Å². The number of carbonyl (C=O) groups is 2. The van der Waals surface area contributed by atoms with E-state index in [1.54, 1.807) is 24.3 Å². The van der Waals surface area contributed by atoms with E-state index in [4.69, 9.17) is 0 Å². The normalized spacial score (nSPS) is 20.2. The highest BCUT2D eigenvalue weighted by Gasteiger charge is 2.40. The van der Waals surface area contributed by atoms with Crippen LogP contribution in [0.15, 0.2) is 59.6 Å². The van der Waals surface area contributed by atoms with Gasteiger partial charge in [-0.05, 0) is 40.5 Å². The van der Waals surface area contributed by atoms with Crippen LogP contribution >= 0.6 is 0 Å². The fourth-order valence-corrected chi connectivity index (χ4v) is 3.62. The minimum atomic E-state index is -4.84. The van der Waals surface area contributed by atoms with Gasteiger partial charge in [0.2, 0.25) is 5.91 Å². The highest BCUT2D eigenvalue weighted by atomic mass is 19.4. The van der Waals surface area contributed by atoms with E-state index in [9.17, 15) is 35.9 Å². The first-order chi connectivity index (χ1) is 14.5. The average molecular weight is 438 g/mol. The lowest BCUT2D eigenvalue weighted by atomic mass is 9.99. The fraction of sp³-hybridized carbons (Fsp3) is 0.190. The van der Waals surface area contributed by atoms with Gasteiger partial charge in [0.25, 0.3) is 5.91 Å². The standard InChI is InChI=1S/C21H12F6N2O2/c22-20(23,24)10-5-6-12-11-3-1-2-4-13(11)17(15(12)9-10)29-19(31)14-7-8-16(21(25,26)27)28-18(14)30/h1-9,14,17H,(H,29,31). The molecule has 1 aliphatic carbocycles. The summed E-state index contributed by atoms with van der Waals surface area (Å²) in [6.07, 6.45) is -8.14. The molecule has 10 heteroatoms. The Morgan fingerprint density at radius 1 is 0.903 bits per heavy atom. The van der Waals surface area contributed by atoms with Crippen molar-refractivity contribution in [1.29, 1.82) is 0 Å². The van der Waals surface area contributed by atoms with Gasteiger partial charge < -0.3 is 5.32 Å². The van der Waals surface area contributed by atoms with Crippen LogP contribution in [0.3, 0.4) is 0 Å². The molecule has 31 heavy (non-hydrogen) atoms. The molecule has 2 unspecified atom stereocenters. The molecule has 2 aromatic rings. The Hall–Kier alpha value is -3.43. The van der Waals surface area contributed by atoms with Crippen LogP contribution in [0.1, 0.15) is 22.7 Å². The van der Waals surface area contributed by atoms with Gasteiger partial charge in [-0.2, -0.15) is 26.3 Å². The van der Waals surface area contributed by atoms with E-state index < -0.39 is 47.4 Å². The Labute approximate surface area is 171 Å². The van der Waals surface area contributed by atoms with Crippen LogP contribution in [0.25, 0.3) is 11.1 Å². The lowest BCUT2D eigenvalue weighted by molar-refractivity contribution is -0.137. The van der Waals surface area contributed by atoms with E-state index in [0.29, 0.717) is 22.8 Å². The Balaban J connectivity index is 1.66. The number of alkyl halides is 6. The van der Waals surface area contributed by atoms with Gasteiger partial charge in [0.1, 0.15) is 11.6 Å². The van der Waals surface area contributed by atoms with E-state index >= 15 is 0 Å². The smallest absolute Gasteiger partial charge is 0.344 e. The molecule has 1 aliphatic heterocycles. The van der Waals surface area contributed by atoms with Crippen LogP contribution in [0.5, 0.6) is 0 Å². The number of rotatable bonds is 2. The fourth-order valence-electron chi connectivity index (χ4n) is 3.62. The van der Waals surface area contributed by atoms with Crippen LogP contribution < -0.4 is 5.32 Å². The van der Waals surface area contributed by atoms with E-state index in [1.807, 2.05) is 0 Å². The predicted octanol–water partition coefficient (Wildman–Crippen LogP) is 4.61. The molecule has 0 bridgehead atoms. The summed E-state index contributed by atoms with van der Waals surface area (Å²) >= 11 is 0. The van der Waals surface area contributed by atoms with Crippen LogP contribution in [-0.4, -0.2) is 23.7 Å². The van der Waals surface area contributed by atoms with Gasteiger partial charge >= 0.3 is 12.4 Å². The maximum absolute atomic E-state index is 13.2. The summed E-state index contributed by atoms with van der Waals surface area (Å²) in [6, 6.07) is 8.76. The second-order valence-corrected chi connectivity index (χ2v) is 7.00. The number of nitrogens with one attached hydrogen (secondary N) is 1. The van der Waals surface area contributed by atoms with Gasteiger partial charge in [-0.25, -0.2) is 4.99 Å². The SMILES string of the molecule is O=C1N=C(C(F)(F)F)C=CC1C(=O)NC1c2ccccc2-c2ccc(C(F)(F)F)cc21. The summed E-state index contributed by atoms with van der Waals surface area (Å²) in [5.74, 6) is -3.88. The number of nitrogens with zero attached hydrogens (tertiary/aromatic N) is 1. The van der Waals surface area contributed by atoms with E-state index in [1.165, 1.54) is 6.07 Å². The Bertz CT molecular complexity index is 1150. The quantitative estimate of drug-likeness (QED) is 0.550. The Kier molecular flexibility index (Phi) is 4.75. The van der Waals surface area contributed by atoms with Crippen LogP contribution in [0.2, 0.25) is 0 Å². The number of carbonyl (C=O) groups excluding carboxylic acids is 2. The van der Waals surface area contributed by atoms with Crippen molar-refractivity contribution in [2.75, 3.05) is 0 Å². The number of hydrogen-bond donors (Lipinski definition) is 1. The Morgan fingerprint density at radius 2 is 1.58 bits per heavy atom. The van der Waals surface area contributed by atoms with Gasteiger partial charge in [-0.1, -0.05) is 36.4 Å². The molecule has 2 amide bonds. The molecule has 0 spiro atoms. The first-order valence-corrected chi connectivity index (χ1v) is 8.95. The summed E-state index contributed by atoms with van der Waals surface area (Å²) < 4.78 is 77.7. The van der Waals surface area contributed by atoms with Gasteiger partial charge in [-0.3, -0.25) is 9.59 Å². The molecule has 0 saturated carbocycles. The minimum Gasteiger partial charge on any atom is -0.344 e. The van der Waals surface area contributed by atoms with Gasteiger partial charge in [0.15, 0.2) is 0 Å². The van der Waals surface area contributed by atoms with Gasteiger partial charge in [-0.15, -0.1) is 0 Å². The minimum absolute atomic E-state index is 0.177. The van der Waals surface area contributed by atoms with Crippen molar-refractivity contribution in [3.8, 4) is 11.1 Å². The molecule has 2 aliphatic rings. The largest absolute Gasteiger partial charge is 0.433 e. The molecule has 0 aromatic heterocycles. The molecule has 0 fully saturated rings. The first-order valence-electron chi connectivity index (χ1n) is 8.95. The second kappa shape index (κ2) is 7.07. The van der Waals surface area contributed by atoms with Crippen molar-refractivity contribution in [2.24, 2.45) is 10.9 Å². The molecule has 0 saturated heterocycles. The lowest BCUT2D eigenvalue weighted by Crippen LogP contribution is -2.38. The highest BCUT2D eigenvalue weighted by Crippen LogP contribution is 2.45. The van der Waals surface area contributed by atoms with Crippen LogP contribution in [-0.2, 0) is 15.8 Å². The second-order valence-electron chi connectivity index (χ2n) is 7.00. The molecule has 2 aromatic carbocycles. The van der Waals surface area contributed by atoms with E-state index in [0.717, 1.165) is 18.2 Å². The summed E-state index contributed by atoms with van der Waals surface area (Å²) in [5, 5.41) is 2.49. The highest BCUT2D eigenvalue weighted by molar-refractivity contribution is 6.14. The molecule has 1 heterocycles. The zero-order valence-electron chi connectivity index (χ0n) is 15.4. The van der Waals surface area contributed by atoms with Crippen molar-refractivity contribution < 1.29 is 35.9 Å². The maximum Gasteiger partial charge on any atom is 0.433 e. The molecule has 160 valence electrons. The number of dihydropyridines is 1. The van der Waals surface area contributed by atoms with E-state index in [-0.39, 0.29) is 5.56 Å². The summed E-state index contributed by atoms with van der Waals surface area (Å²) in [4.78, 5) is 27.6. The summed E-state index contributed by atoms with van der Waals surface area (Å²) in [6.45, 7) is 0. The van der Waals surface area contributed by atoms with Gasteiger partial charge in [0.05, 0.1) is 11.6 Å². The number of aliphatic imine (C=N–C) groups is 1. The molecule has 2 atom stereocenters. The topological polar surface area (TPSA) is 58.5 Å². The molecular weight excluding hydrogens is 426 g/mol. The maximum atomic E-state index is 13.2. The molecule has 4 rings (SSSR count). The van der Waals surface area contributed by atoms with Crippen molar-refractivity contribution >= 4 is 17.5 Å². The number of hydrogen-bond acceptors (Lipinski definition) is 2. The van der Waals surface area contributed by atoms with Crippen molar-refractivity contribution in [3.05, 3.63) is 71.3 Å². The molecule has 1 N–H and O–H groups in total. The first kappa shape index (κ1) is 20.8. The molecular formula is C21H12F6N2O2. The number of benzene rings is 2. The number of allylic oxidation sites excluding steroid dienone is 1. The third-order valence-electron chi connectivity index (χ3n) is 5.05. The predicted molar refractivity (Wildman–Crippen MR) is 98.0 cm³/mol. The zero-order valence-corrected chi connectivity index (χ0v) is 15.4. The zero-order chi connectivity index (χ0) is 22.6. The monoisotopic (exact) mass is 438 g/mol. The van der Waals surface area contributed by atoms with Crippen LogP contribution in [0, 0.1) is 5.92 Å². The van der Waals surface area contributed by atoms with Gasteiger partial charge in [0, 0.05) is 0 Å². The van der Waals surface area contributed by atoms with Crippen LogP contribution in [0.4, 0.5) is 26.3 Å².